The molecule has 4 rings (SSSR count). The number of carbonyl (C=O) groups excluding carboxylic acids is 1. The fourth-order valence-electron chi connectivity index (χ4n) is 5.05. The van der Waals surface area contributed by atoms with Gasteiger partial charge in [-0.1, -0.05) is 17.7 Å². The van der Waals surface area contributed by atoms with E-state index in [2.05, 4.69) is 17.4 Å². The molecule has 11 heteroatoms. The van der Waals surface area contributed by atoms with E-state index in [0.29, 0.717) is 36.6 Å². The van der Waals surface area contributed by atoms with Crippen molar-refractivity contribution in [1.82, 2.24) is 14.5 Å². The van der Waals surface area contributed by atoms with Gasteiger partial charge in [-0.15, -0.1) is 0 Å². The average molecular weight is 548 g/mol. The van der Waals surface area contributed by atoms with Crippen molar-refractivity contribution in [2.75, 3.05) is 20.3 Å². The maximum atomic E-state index is 13.9. The van der Waals surface area contributed by atoms with Crippen LogP contribution in [0.15, 0.2) is 51.6 Å². The van der Waals surface area contributed by atoms with Crippen molar-refractivity contribution in [3.63, 3.8) is 0 Å². The van der Waals surface area contributed by atoms with Crippen LogP contribution < -0.4 is 43.2 Å². The third-order valence-corrected chi connectivity index (χ3v) is 6.90. The Labute approximate surface area is 232 Å². The van der Waals surface area contributed by atoms with Gasteiger partial charge in [-0.05, 0) is 62.9 Å². The molecular weight excluding hydrogens is 510 g/mol. The minimum atomic E-state index is -0.603. The van der Waals surface area contributed by atoms with Crippen LogP contribution in [0.1, 0.15) is 29.2 Å². The number of methoxy groups -OCH3 is 1. The molecule has 0 spiro atoms. The molecule has 0 aliphatic carbocycles. The van der Waals surface area contributed by atoms with Crippen LogP contribution in [0, 0.1) is 20.8 Å². The third-order valence-electron chi connectivity index (χ3n) is 6.90. The molecule has 0 atom stereocenters. The summed E-state index contributed by atoms with van der Waals surface area (Å²) in [4.78, 5) is 31.2. The highest BCUT2D eigenvalue weighted by Gasteiger charge is 2.23. The van der Waals surface area contributed by atoms with Gasteiger partial charge in [0, 0.05) is 31.3 Å². The Morgan fingerprint density at radius 1 is 1.05 bits per heavy atom. The van der Waals surface area contributed by atoms with Crippen LogP contribution in [0.5, 0.6) is 11.5 Å². The molecule has 2 aromatic carbocycles. The lowest BCUT2D eigenvalue weighted by molar-refractivity contribution is -0.117. The Balaban J connectivity index is 1.89. The number of amides is 1. The first kappa shape index (κ1) is 28.3. The highest BCUT2D eigenvalue weighted by molar-refractivity contribution is 5.92. The Bertz CT molecular complexity index is 1610. The summed E-state index contributed by atoms with van der Waals surface area (Å²) in [5.41, 5.74) is 23.1. The number of rotatable bonds is 8. The van der Waals surface area contributed by atoms with E-state index < -0.39 is 5.91 Å². The Kier molecular flexibility index (Phi) is 8.22. The van der Waals surface area contributed by atoms with Crippen molar-refractivity contribution >= 4 is 11.6 Å². The van der Waals surface area contributed by atoms with Gasteiger partial charge in [0.05, 0.1) is 25.1 Å². The van der Waals surface area contributed by atoms with E-state index in [9.17, 15) is 9.59 Å². The van der Waals surface area contributed by atoms with Crippen molar-refractivity contribution in [2.24, 2.45) is 22.2 Å². The summed E-state index contributed by atoms with van der Waals surface area (Å²) in [7, 11) is 1.59. The molecule has 7 N–H and O–H groups in total. The topological polar surface area (TPSA) is 165 Å². The number of nitrogens with one attached hydrogen (secondary N) is 1. The second-order valence-corrected chi connectivity index (χ2v) is 9.80. The molecule has 11 nitrogen and oxygen atoms in total. The number of carbonyl (C=O) groups is 1. The number of aromatic nitrogens is 2. The zero-order chi connectivity index (χ0) is 29.1. The van der Waals surface area contributed by atoms with Crippen molar-refractivity contribution in [1.29, 1.82) is 0 Å². The first-order valence-corrected chi connectivity index (χ1v) is 13.2. The summed E-state index contributed by atoms with van der Waals surface area (Å²) in [5, 5.41) is 2.67. The molecule has 0 saturated heterocycles. The van der Waals surface area contributed by atoms with Crippen LogP contribution in [-0.2, 0) is 24.3 Å². The second-order valence-electron chi connectivity index (χ2n) is 9.80. The van der Waals surface area contributed by atoms with E-state index in [-0.39, 0.29) is 30.3 Å². The largest absolute Gasteiger partial charge is 0.493 e. The molecule has 1 aromatic heterocycles. The standard InChI is InChI=1S/C29H37N7O4/c1-6-40-23-13-19-7-9-35-21(20(19)14-22(23)39-5)15-24(34-26-17(3)11-16(2)12-18(26)4)36(29(35)38)10-8-33-28(37)25(30)27(31)32/h11-15H,6-10,30-32H2,1-5H3,(H,33,37). The normalized spacial score (nSPS) is 12.4. The number of nitrogens with zero attached hydrogens (tertiary/aromatic N) is 3. The average Bonchev–Trinajstić information content (AvgIpc) is 2.91. The van der Waals surface area contributed by atoms with Crippen molar-refractivity contribution < 1.29 is 14.3 Å². The lowest BCUT2D eigenvalue weighted by Gasteiger charge is -2.25. The summed E-state index contributed by atoms with van der Waals surface area (Å²) in [5.74, 6) is 0.396. The summed E-state index contributed by atoms with van der Waals surface area (Å²) in [6.07, 6.45) is 0.646. The zero-order valence-electron chi connectivity index (χ0n) is 23.6. The van der Waals surface area contributed by atoms with Gasteiger partial charge < -0.3 is 32.0 Å². The van der Waals surface area contributed by atoms with Gasteiger partial charge in [-0.2, -0.15) is 0 Å². The molecule has 1 amide bonds. The number of hydrogen-bond donors (Lipinski definition) is 4. The first-order chi connectivity index (χ1) is 19.0. The lowest BCUT2D eigenvalue weighted by atomic mass is 9.97. The molecule has 1 aliphatic heterocycles. The van der Waals surface area contributed by atoms with E-state index >= 15 is 0 Å². The van der Waals surface area contributed by atoms with Crippen molar-refractivity contribution in [3.05, 3.63) is 80.1 Å². The number of nitrogens with two attached hydrogens (primary N) is 3. The van der Waals surface area contributed by atoms with Gasteiger partial charge >= 0.3 is 5.69 Å². The first-order valence-electron chi connectivity index (χ1n) is 13.2. The van der Waals surface area contributed by atoms with Gasteiger partial charge in [0.1, 0.15) is 17.0 Å². The van der Waals surface area contributed by atoms with Crippen LogP contribution >= 0.6 is 0 Å². The number of benzene rings is 2. The molecule has 3 aromatic rings. The Morgan fingerprint density at radius 2 is 1.75 bits per heavy atom. The van der Waals surface area contributed by atoms with E-state index in [1.807, 2.05) is 45.9 Å². The maximum Gasteiger partial charge on any atom is 0.330 e. The number of ether oxygens (including phenoxy) is 2. The third kappa shape index (κ3) is 5.54. The maximum absolute atomic E-state index is 13.9. The number of aryl methyl sites for hydroxylation is 4. The van der Waals surface area contributed by atoms with Crippen LogP contribution in [0.4, 0.5) is 5.69 Å². The van der Waals surface area contributed by atoms with Gasteiger partial charge in [0.15, 0.2) is 11.5 Å². The summed E-state index contributed by atoms with van der Waals surface area (Å²) in [6.45, 7) is 9.22. The van der Waals surface area contributed by atoms with Crippen molar-refractivity contribution in [2.45, 2.75) is 47.2 Å². The zero-order valence-corrected chi connectivity index (χ0v) is 23.6. The number of hydrogen-bond acceptors (Lipinski definition) is 8. The highest BCUT2D eigenvalue weighted by Crippen LogP contribution is 2.37. The molecule has 0 bridgehead atoms. The quantitative estimate of drug-likeness (QED) is 0.311. The molecule has 1 aliphatic rings. The molecule has 212 valence electrons. The van der Waals surface area contributed by atoms with E-state index in [4.69, 9.17) is 31.7 Å². The minimum absolute atomic E-state index is 0.114. The van der Waals surface area contributed by atoms with E-state index in [1.54, 1.807) is 16.2 Å². The summed E-state index contributed by atoms with van der Waals surface area (Å²) in [6, 6.07) is 9.92. The predicted molar refractivity (Wildman–Crippen MR) is 154 cm³/mol. The van der Waals surface area contributed by atoms with Crippen LogP contribution in [0.3, 0.4) is 0 Å². The van der Waals surface area contributed by atoms with Gasteiger partial charge in [-0.3, -0.25) is 13.9 Å². The van der Waals surface area contributed by atoms with Crippen LogP contribution in [0.2, 0.25) is 0 Å². The highest BCUT2D eigenvalue weighted by atomic mass is 16.5. The summed E-state index contributed by atoms with van der Waals surface area (Å²) >= 11 is 0. The Morgan fingerprint density at radius 3 is 2.38 bits per heavy atom. The van der Waals surface area contributed by atoms with Gasteiger partial charge in [0.2, 0.25) is 0 Å². The van der Waals surface area contributed by atoms with Crippen molar-refractivity contribution in [3.8, 4) is 22.8 Å². The lowest BCUT2D eigenvalue weighted by Crippen LogP contribution is -2.44. The fourth-order valence-corrected chi connectivity index (χ4v) is 5.05. The Hall–Kier alpha value is -4.67. The fraction of sp³-hybridized carbons (Fsp3) is 0.345. The number of fused-ring (bicyclic) bond motifs is 3. The summed E-state index contributed by atoms with van der Waals surface area (Å²) < 4.78 is 14.7. The minimum Gasteiger partial charge on any atom is -0.493 e. The molecular formula is C29H37N7O4. The van der Waals surface area contributed by atoms with E-state index in [0.717, 1.165) is 39.2 Å². The van der Waals surface area contributed by atoms with E-state index in [1.165, 1.54) is 0 Å². The SMILES string of the molecule is CCOc1cc2c(cc1OC)-c1cc(=Nc3c(C)cc(C)cc3C)n(CCNC(=O)C(N)=C(N)N)c(=O)n1CC2. The van der Waals surface area contributed by atoms with Gasteiger partial charge in [0.25, 0.3) is 5.91 Å². The molecule has 0 unspecified atom stereocenters. The smallest absolute Gasteiger partial charge is 0.330 e. The second kappa shape index (κ2) is 11.6. The van der Waals surface area contributed by atoms with Crippen LogP contribution in [-0.4, -0.2) is 35.3 Å². The molecule has 2 heterocycles. The molecule has 0 fully saturated rings. The molecule has 40 heavy (non-hydrogen) atoms. The van der Waals surface area contributed by atoms with Gasteiger partial charge in [-0.25, -0.2) is 9.79 Å². The molecule has 0 radical (unpaired) electrons. The molecule has 0 saturated carbocycles. The monoisotopic (exact) mass is 547 g/mol. The van der Waals surface area contributed by atoms with Crippen LogP contribution in [0.25, 0.3) is 11.3 Å². The predicted octanol–water partition coefficient (Wildman–Crippen LogP) is 1.60.